The summed E-state index contributed by atoms with van der Waals surface area (Å²) in [6.07, 6.45) is 6.92. The third-order valence-electron chi connectivity index (χ3n) is 8.47. The molecule has 9 heteroatoms. The number of nitriles is 1. The molecule has 0 bridgehead atoms. The molecule has 9 nitrogen and oxygen atoms in total. The zero-order valence-corrected chi connectivity index (χ0v) is 24.9. The van der Waals surface area contributed by atoms with Crippen molar-refractivity contribution in [1.82, 2.24) is 5.32 Å². The van der Waals surface area contributed by atoms with Crippen LogP contribution in [-0.2, 0) is 25.7 Å². The highest BCUT2D eigenvalue weighted by molar-refractivity contribution is 5.98. The molecule has 0 aliphatic heterocycles. The molecule has 0 saturated heterocycles. The van der Waals surface area contributed by atoms with E-state index in [1.54, 1.807) is 0 Å². The molecule has 1 N–H and O–H groups in total. The summed E-state index contributed by atoms with van der Waals surface area (Å²) < 4.78 is 22.3. The van der Waals surface area contributed by atoms with E-state index in [0.717, 1.165) is 16.3 Å². The Balaban J connectivity index is 1.21. The molecule has 44 heavy (non-hydrogen) atoms. The number of carbonyl (C=O) groups is 3. The van der Waals surface area contributed by atoms with Crippen molar-refractivity contribution in [2.45, 2.75) is 57.3 Å². The van der Waals surface area contributed by atoms with Crippen LogP contribution in [0.25, 0.3) is 10.8 Å². The van der Waals surface area contributed by atoms with E-state index in [2.05, 4.69) is 11.4 Å². The van der Waals surface area contributed by atoms with Crippen molar-refractivity contribution in [2.24, 2.45) is 11.8 Å². The standard InChI is InChI=1S/C35H36N2O7/c1-41-32-18-25(20-36)31(19-29(32)33(38)37-30-13-6-5-12-28(30)35(40)42-2)44-26-16-14-23(15-17-26)34(39)43-21-24-10-7-9-22-8-3-4-11-27(22)24/h3-11,18-19,23,26,28,30H,12-17,21H2,1-2H3,(H,37,38). The number of nitrogens with zero attached hydrogens (tertiary/aromatic N) is 1. The van der Waals surface area contributed by atoms with Crippen LogP contribution in [0.1, 0.15) is 60.0 Å². The lowest BCUT2D eigenvalue weighted by atomic mass is 9.87. The summed E-state index contributed by atoms with van der Waals surface area (Å²) in [5, 5.41) is 14.9. The minimum Gasteiger partial charge on any atom is -0.496 e. The van der Waals surface area contributed by atoms with Gasteiger partial charge in [0.05, 0.1) is 43.3 Å². The van der Waals surface area contributed by atoms with Gasteiger partial charge >= 0.3 is 11.9 Å². The number of fused-ring (bicyclic) bond motifs is 1. The highest BCUT2D eigenvalue weighted by Gasteiger charge is 2.33. The maximum atomic E-state index is 13.4. The van der Waals surface area contributed by atoms with Gasteiger partial charge in [0.25, 0.3) is 5.91 Å². The predicted molar refractivity (Wildman–Crippen MR) is 163 cm³/mol. The maximum Gasteiger partial charge on any atom is 0.311 e. The number of hydrogen-bond donors (Lipinski definition) is 1. The Bertz CT molecular complexity index is 1600. The maximum absolute atomic E-state index is 13.4. The number of hydrogen-bond acceptors (Lipinski definition) is 8. The van der Waals surface area contributed by atoms with Crippen LogP contribution in [0.2, 0.25) is 0 Å². The van der Waals surface area contributed by atoms with E-state index in [1.807, 2.05) is 54.6 Å². The van der Waals surface area contributed by atoms with Gasteiger partial charge < -0.3 is 24.3 Å². The number of benzene rings is 3. The number of ether oxygens (including phenoxy) is 4. The van der Waals surface area contributed by atoms with E-state index in [-0.39, 0.29) is 53.2 Å². The van der Waals surface area contributed by atoms with Gasteiger partial charge in [0.1, 0.15) is 24.2 Å². The van der Waals surface area contributed by atoms with Crippen LogP contribution in [-0.4, -0.2) is 44.2 Å². The summed E-state index contributed by atoms with van der Waals surface area (Å²) in [5.41, 5.74) is 1.41. The Morgan fingerprint density at radius 2 is 1.66 bits per heavy atom. The van der Waals surface area contributed by atoms with Gasteiger partial charge in [-0.15, -0.1) is 0 Å². The van der Waals surface area contributed by atoms with Crippen molar-refractivity contribution in [3.63, 3.8) is 0 Å². The van der Waals surface area contributed by atoms with Gasteiger partial charge in [-0.25, -0.2) is 0 Å². The van der Waals surface area contributed by atoms with Crippen LogP contribution >= 0.6 is 0 Å². The van der Waals surface area contributed by atoms with Gasteiger partial charge in [0.2, 0.25) is 0 Å². The van der Waals surface area contributed by atoms with Crippen molar-refractivity contribution < 1.29 is 33.3 Å². The first-order valence-corrected chi connectivity index (χ1v) is 14.9. The van der Waals surface area contributed by atoms with E-state index in [0.29, 0.717) is 38.5 Å². The first-order chi connectivity index (χ1) is 21.4. The van der Waals surface area contributed by atoms with Crippen LogP contribution in [0, 0.1) is 23.2 Å². The molecule has 1 fully saturated rings. The number of amides is 1. The van der Waals surface area contributed by atoms with E-state index < -0.39 is 17.9 Å². The lowest BCUT2D eigenvalue weighted by molar-refractivity contribution is -0.151. The Labute approximate surface area is 256 Å². The molecule has 0 spiro atoms. The molecule has 2 aliphatic carbocycles. The highest BCUT2D eigenvalue weighted by atomic mass is 16.5. The van der Waals surface area contributed by atoms with Gasteiger partial charge in [0, 0.05) is 12.1 Å². The number of esters is 2. The van der Waals surface area contributed by atoms with Crippen molar-refractivity contribution in [3.8, 4) is 17.6 Å². The third kappa shape index (κ3) is 6.86. The fourth-order valence-corrected chi connectivity index (χ4v) is 6.00. The monoisotopic (exact) mass is 596 g/mol. The first kappa shape index (κ1) is 30.6. The molecule has 3 aromatic rings. The Morgan fingerprint density at radius 1 is 0.909 bits per heavy atom. The lowest BCUT2D eigenvalue weighted by Gasteiger charge is -2.29. The first-order valence-electron chi connectivity index (χ1n) is 14.9. The summed E-state index contributed by atoms with van der Waals surface area (Å²) in [6.45, 7) is 0.219. The fraction of sp³-hybridized carbons (Fsp3) is 0.371. The summed E-state index contributed by atoms with van der Waals surface area (Å²) in [4.78, 5) is 38.6. The molecule has 2 aliphatic rings. The number of nitrogens with one attached hydrogen (secondary N) is 1. The molecule has 0 radical (unpaired) electrons. The normalized spacial score (nSPS) is 21.1. The van der Waals surface area contributed by atoms with Crippen molar-refractivity contribution >= 4 is 28.6 Å². The van der Waals surface area contributed by atoms with Gasteiger partial charge in [0.15, 0.2) is 0 Å². The quantitative estimate of drug-likeness (QED) is 0.249. The average Bonchev–Trinajstić information content (AvgIpc) is 3.07. The molecule has 1 saturated carbocycles. The predicted octanol–water partition coefficient (Wildman–Crippen LogP) is 5.64. The van der Waals surface area contributed by atoms with E-state index in [1.165, 1.54) is 26.4 Å². The van der Waals surface area contributed by atoms with Crippen molar-refractivity contribution in [2.75, 3.05) is 14.2 Å². The fourth-order valence-electron chi connectivity index (χ4n) is 6.00. The Morgan fingerprint density at radius 3 is 2.41 bits per heavy atom. The zero-order valence-electron chi connectivity index (χ0n) is 24.9. The molecule has 0 aromatic heterocycles. The van der Waals surface area contributed by atoms with Crippen LogP contribution in [0.3, 0.4) is 0 Å². The van der Waals surface area contributed by atoms with E-state index >= 15 is 0 Å². The zero-order chi connectivity index (χ0) is 31.1. The molecular formula is C35H36N2O7. The SMILES string of the molecule is COC(=O)C1CC=CCC1NC(=O)c1cc(OC2CCC(C(=O)OCc3cccc4ccccc34)CC2)c(C#N)cc1OC. The van der Waals surface area contributed by atoms with Crippen LogP contribution in [0.5, 0.6) is 11.5 Å². The molecule has 2 atom stereocenters. The molecular weight excluding hydrogens is 560 g/mol. The lowest BCUT2D eigenvalue weighted by Crippen LogP contribution is -2.44. The van der Waals surface area contributed by atoms with Gasteiger partial charge in [-0.3, -0.25) is 14.4 Å². The van der Waals surface area contributed by atoms with Crippen molar-refractivity contribution in [1.29, 1.82) is 5.26 Å². The topological polar surface area (TPSA) is 124 Å². The number of carbonyl (C=O) groups excluding carboxylic acids is 3. The van der Waals surface area contributed by atoms with Gasteiger partial charge in [-0.1, -0.05) is 54.6 Å². The summed E-state index contributed by atoms with van der Waals surface area (Å²) >= 11 is 0. The molecule has 228 valence electrons. The molecule has 1 amide bonds. The number of methoxy groups -OCH3 is 2. The summed E-state index contributed by atoms with van der Waals surface area (Å²) in [7, 11) is 2.75. The molecule has 5 rings (SSSR count). The van der Waals surface area contributed by atoms with Crippen LogP contribution in [0.4, 0.5) is 0 Å². The van der Waals surface area contributed by atoms with E-state index in [4.69, 9.17) is 18.9 Å². The third-order valence-corrected chi connectivity index (χ3v) is 8.47. The number of rotatable bonds is 9. The summed E-state index contributed by atoms with van der Waals surface area (Å²) in [6, 6.07) is 18.7. The van der Waals surface area contributed by atoms with Crippen LogP contribution < -0.4 is 14.8 Å². The van der Waals surface area contributed by atoms with Gasteiger partial charge in [-0.05, 0) is 60.9 Å². The minimum atomic E-state index is -0.497. The largest absolute Gasteiger partial charge is 0.496 e. The second-order valence-corrected chi connectivity index (χ2v) is 11.2. The average molecular weight is 597 g/mol. The Hall–Kier alpha value is -4.84. The van der Waals surface area contributed by atoms with Gasteiger partial charge in [-0.2, -0.15) is 5.26 Å². The highest BCUT2D eigenvalue weighted by Crippen LogP contribution is 2.34. The Kier molecular flexibility index (Phi) is 9.80. The molecule has 0 heterocycles. The summed E-state index contributed by atoms with van der Waals surface area (Å²) in [5.74, 6) is -1.28. The van der Waals surface area contributed by atoms with E-state index in [9.17, 15) is 19.6 Å². The molecule has 2 unspecified atom stereocenters. The second kappa shape index (κ2) is 14.1. The molecule has 3 aromatic carbocycles. The van der Waals surface area contributed by atoms with Crippen LogP contribution in [0.15, 0.2) is 66.7 Å². The smallest absolute Gasteiger partial charge is 0.311 e. The number of allylic oxidation sites excluding steroid dienone is 1. The second-order valence-electron chi connectivity index (χ2n) is 11.2. The van der Waals surface area contributed by atoms with Crippen molar-refractivity contribution in [3.05, 3.63) is 83.4 Å². The minimum absolute atomic E-state index is 0.199.